The molecule has 1 atom stereocenters. The van der Waals surface area contributed by atoms with E-state index in [2.05, 4.69) is 17.6 Å². The number of hydrogen-bond acceptors (Lipinski definition) is 3. The molecule has 1 aliphatic heterocycles. The highest BCUT2D eigenvalue weighted by molar-refractivity contribution is 4.69. The maximum Gasteiger partial charge on any atom is 0.0540 e. The minimum Gasteiger partial charge on any atom is -0.393 e. The molecule has 1 saturated heterocycles. The van der Waals surface area contributed by atoms with Gasteiger partial charge in [0.25, 0.3) is 0 Å². The monoisotopic (exact) mass is 172 g/mol. The van der Waals surface area contributed by atoms with Gasteiger partial charge >= 0.3 is 0 Å². The van der Waals surface area contributed by atoms with Crippen molar-refractivity contribution in [1.82, 2.24) is 10.6 Å². The van der Waals surface area contributed by atoms with Crippen LogP contribution in [0.2, 0.25) is 0 Å². The summed E-state index contributed by atoms with van der Waals surface area (Å²) in [7, 11) is 0. The largest absolute Gasteiger partial charge is 0.393 e. The Morgan fingerprint density at radius 3 is 2.08 bits per heavy atom. The lowest BCUT2D eigenvalue weighted by molar-refractivity contribution is 0.0950. The van der Waals surface area contributed by atoms with Gasteiger partial charge in [0.1, 0.15) is 0 Å². The number of aliphatic hydroxyl groups is 1. The molecule has 3 N–H and O–H groups in total. The molecule has 0 spiro atoms. The Kier molecular flexibility index (Phi) is 4.58. The van der Waals surface area contributed by atoms with Crippen LogP contribution in [0.4, 0.5) is 0 Å². The summed E-state index contributed by atoms with van der Waals surface area (Å²) in [5, 5.41) is 15.0. The van der Waals surface area contributed by atoms with Gasteiger partial charge in [-0.05, 0) is 26.2 Å². The van der Waals surface area contributed by atoms with Crippen LogP contribution in [-0.2, 0) is 0 Å². The topological polar surface area (TPSA) is 44.3 Å². The SMILES string of the molecule is C[C@@H]1CNCCN1.OC1CCC1. The van der Waals surface area contributed by atoms with Crippen LogP contribution in [0.1, 0.15) is 26.2 Å². The van der Waals surface area contributed by atoms with E-state index in [1.54, 1.807) is 0 Å². The van der Waals surface area contributed by atoms with Gasteiger partial charge in [0.2, 0.25) is 0 Å². The minimum atomic E-state index is 0.0648. The fourth-order valence-corrected chi connectivity index (χ4v) is 1.18. The van der Waals surface area contributed by atoms with Crippen molar-refractivity contribution < 1.29 is 5.11 Å². The Morgan fingerprint density at radius 1 is 1.25 bits per heavy atom. The number of piperazine rings is 1. The van der Waals surface area contributed by atoms with Crippen LogP contribution in [0.5, 0.6) is 0 Å². The Balaban J connectivity index is 0.000000127. The first-order valence-electron chi connectivity index (χ1n) is 4.91. The van der Waals surface area contributed by atoms with Crippen LogP contribution >= 0.6 is 0 Å². The zero-order chi connectivity index (χ0) is 8.81. The second kappa shape index (κ2) is 5.51. The predicted octanol–water partition coefficient (Wildman–Crippen LogP) is 0.0989. The van der Waals surface area contributed by atoms with Gasteiger partial charge in [0.15, 0.2) is 0 Å². The maximum atomic E-state index is 8.45. The summed E-state index contributed by atoms with van der Waals surface area (Å²) in [5.41, 5.74) is 0. The number of hydrogen-bond donors (Lipinski definition) is 3. The van der Waals surface area contributed by atoms with Crippen LogP contribution < -0.4 is 10.6 Å². The van der Waals surface area contributed by atoms with Crippen molar-refractivity contribution in [3.05, 3.63) is 0 Å². The molecule has 0 aromatic rings. The third kappa shape index (κ3) is 4.04. The first kappa shape index (κ1) is 9.96. The Bertz CT molecular complexity index is 109. The van der Waals surface area contributed by atoms with Crippen molar-refractivity contribution in [3.63, 3.8) is 0 Å². The second-order valence-corrected chi connectivity index (χ2v) is 3.64. The first-order valence-corrected chi connectivity index (χ1v) is 4.91. The molecule has 0 bridgehead atoms. The predicted molar refractivity (Wildman–Crippen MR) is 50.2 cm³/mol. The minimum absolute atomic E-state index is 0.0648. The third-order valence-electron chi connectivity index (χ3n) is 2.32. The van der Waals surface area contributed by atoms with E-state index in [-0.39, 0.29) is 6.10 Å². The van der Waals surface area contributed by atoms with Crippen molar-refractivity contribution in [1.29, 1.82) is 0 Å². The smallest absolute Gasteiger partial charge is 0.0540 e. The standard InChI is InChI=1S/C5H12N2.C4H8O/c1-5-4-6-2-3-7-5;5-4-2-1-3-4/h5-7H,2-4H2,1H3;4-5H,1-3H2/t5-;/m1./s1. The first-order chi connectivity index (χ1) is 5.79. The second-order valence-electron chi connectivity index (χ2n) is 3.64. The molecular weight excluding hydrogens is 152 g/mol. The van der Waals surface area contributed by atoms with Gasteiger partial charge in [-0.3, -0.25) is 0 Å². The van der Waals surface area contributed by atoms with Gasteiger partial charge in [-0.2, -0.15) is 0 Å². The Morgan fingerprint density at radius 2 is 1.92 bits per heavy atom. The third-order valence-corrected chi connectivity index (χ3v) is 2.32. The van der Waals surface area contributed by atoms with Gasteiger partial charge in [0, 0.05) is 25.7 Å². The van der Waals surface area contributed by atoms with E-state index in [0.717, 1.165) is 32.5 Å². The maximum absolute atomic E-state index is 8.45. The summed E-state index contributed by atoms with van der Waals surface area (Å²) in [6.45, 7) is 5.57. The van der Waals surface area contributed by atoms with Crippen molar-refractivity contribution in [2.24, 2.45) is 0 Å². The molecule has 0 aromatic carbocycles. The van der Waals surface area contributed by atoms with E-state index in [1.807, 2.05) is 0 Å². The molecule has 2 rings (SSSR count). The van der Waals surface area contributed by atoms with Gasteiger partial charge in [-0.25, -0.2) is 0 Å². The van der Waals surface area contributed by atoms with Crippen LogP contribution in [0.25, 0.3) is 0 Å². The molecular formula is C9H20N2O. The zero-order valence-electron chi connectivity index (χ0n) is 7.84. The average Bonchev–Trinajstić information content (AvgIpc) is 2.04. The average molecular weight is 172 g/mol. The summed E-state index contributed by atoms with van der Waals surface area (Å²) in [4.78, 5) is 0. The van der Waals surface area contributed by atoms with E-state index in [9.17, 15) is 0 Å². The molecule has 0 radical (unpaired) electrons. The summed E-state index contributed by atoms with van der Waals surface area (Å²) in [6, 6.07) is 0.675. The fraction of sp³-hybridized carbons (Fsp3) is 1.00. The summed E-state index contributed by atoms with van der Waals surface area (Å²) < 4.78 is 0. The van der Waals surface area contributed by atoms with Gasteiger partial charge in [-0.15, -0.1) is 0 Å². The normalized spacial score (nSPS) is 30.0. The van der Waals surface area contributed by atoms with Gasteiger partial charge in [0.05, 0.1) is 6.10 Å². The molecule has 12 heavy (non-hydrogen) atoms. The molecule has 0 amide bonds. The molecule has 3 heteroatoms. The zero-order valence-corrected chi connectivity index (χ0v) is 7.84. The molecule has 1 heterocycles. The quantitative estimate of drug-likeness (QED) is 0.485. The van der Waals surface area contributed by atoms with E-state index in [1.165, 1.54) is 6.42 Å². The van der Waals surface area contributed by atoms with Crippen molar-refractivity contribution in [3.8, 4) is 0 Å². The van der Waals surface area contributed by atoms with E-state index in [4.69, 9.17) is 5.11 Å². The number of nitrogens with one attached hydrogen (secondary N) is 2. The molecule has 72 valence electrons. The highest BCUT2D eigenvalue weighted by Gasteiger charge is 2.11. The van der Waals surface area contributed by atoms with Crippen LogP contribution in [0.15, 0.2) is 0 Å². The molecule has 3 nitrogen and oxygen atoms in total. The van der Waals surface area contributed by atoms with E-state index >= 15 is 0 Å². The van der Waals surface area contributed by atoms with Crippen molar-refractivity contribution in [2.75, 3.05) is 19.6 Å². The van der Waals surface area contributed by atoms with Crippen LogP contribution in [0.3, 0.4) is 0 Å². The molecule has 2 aliphatic rings. The summed E-state index contributed by atoms with van der Waals surface area (Å²) in [5.74, 6) is 0. The van der Waals surface area contributed by atoms with Crippen LogP contribution in [0, 0.1) is 0 Å². The molecule has 2 fully saturated rings. The molecule has 0 unspecified atom stereocenters. The number of rotatable bonds is 0. The fourth-order valence-electron chi connectivity index (χ4n) is 1.18. The highest BCUT2D eigenvalue weighted by Crippen LogP contribution is 2.16. The molecule has 1 saturated carbocycles. The Hall–Kier alpha value is -0.120. The lowest BCUT2D eigenvalue weighted by Crippen LogP contribution is -2.46. The van der Waals surface area contributed by atoms with Gasteiger partial charge in [-0.1, -0.05) is 0 Å². The summed E-state index contributed by atoms with van der Waals surface area (Å²) in [6.07, 6.45) is 3.39. The molecule has 0 aromatic heterocycles. The Labute approximate surface area is 74.5 Å². The van der Waals surface area contributed by atoms with Crippen LogP contribution in [-0.4, -0.2) is 36.9 Å². The van der Waals surface area contributed by atoms with Crippen molar-refractivity contribution in [2.45, 2.75) is 38.3 Å². The number of aliphatic hydroxyl groups excluding tert-OH is 1. The lowest BCUT2D eigenvalue weighted by Gasteiger charge is -2.19. The lowest BCUT2D eigenvalue weighted by atomic mass is 9.97. The highest BCUT2D eigenvalue weighted by atomic mass is 16.3. The summed E-state index contributed by atoms with van der Waals surface area (Å²) >= 11 is 0. The van der Waals surface area contributed by atoms with Crippen molar-refractivity contribution >= 4 is 0 Å². The van der Waals surface area contributed by atoms with E-state index < -0.39 is 0 Å². The van der Waals surface area contributed by atoms with E-state index in [0.29, 0.717) is 6.04 Å². The van der Waals surface area contributed by atoms with Gasteiger partial charge < -0.3 is 15.7 Å². The molecule has 1 aliphatic carbocycles.